The summed E-state index contributed by atoms with van der Waals surface area (Å²) in [4.78, 5) is 12.6. The number of hydrogen-bond donors (Lipinski definition) is 1. The second kappa shape index (κ2) is 8.01. The molecule has 0 heterocycles. The van der Waals surface area contributed by atoms with Gasteiger partial charge in [0.1, 0.15) is 0 Å². The number of sulfonamides is 1. The minimum atomic E-state index is -3.36. The molecule has 24 heavy (non-hydrogen) atoms. The van der Waals surface area contributed by atoms with E-state index in [1.54, 1.807) is 18.2 Å². The van der Waals surface area contributed by atoms with Gasteiger partial charge in [-0.25, -0.2) is 8.42 Å². The van der Waals surface area contributed by atoms with E-state index in [1.165, 1.54) is 30.6 Å². The van der Waals surface area contributed by atoms with Crippen LogP contribution in [-0.2, 0) is 10.0 Å². The highest BCUT2D eigenvalue weighted by molar-refractivity contribution is 7.92. The van der Waals surface area contributed by atoms with E-state index in [0.29, 0.717) is 11.3 Å². The van der Waals surface area contributed by atoms with Crippen LogP contribution in [0, 0.1) is 6.92 Å². The predicted molar refractivity (Wildman–Crippen MR) is 98.0 cm³/mol. The monoisotopic (exact) mass is 352 g/mol. The van der Waals surface area contributed by atoms with Gasteiger partial charge in [0.25, 0.3) is 5.91 Å². The molecule has 1 saturated carbocycles. The quantitative estimate of drug-likeness (QED) is 0.905. The lowest BCUT2D eigenvalue weighted by Crippen LogP contribution is -2.35. The van der Waals surface area contributed by atoms with Crippen LogP contribution in [0.1, 0.15) is 60.9 Å². The first-order valence-electron chi connectivity index (χ1n) is 8.64. The number of carbonyl (C=O) groups excluding carboxylic acids is 1. The van der Waals surface area contributed by atoms with Crippen LogP contribution in [0.15, 0.2) is 18.2 Å². The molecular formula is C18H28N2O3S. The molecule has 0 saturated heterocycles. The summed E-state index contributed by atoms with van der Waals surface area (Å²) in [7, 11) is -1.85. The Morgan fingerprint density at radius 3 is 2.29 bits per heavy atom. The Balaban J connectivity index is 2.14. The molecule has 1 aromatic rings. The molecule has 0 aromatic heterocycles. The standard InChI is InChI=1S/C18H28N2O3S/c1-14-11-12-15(13-17(14)20(2)24(3,22)23)18(21)19-16-9-7-5-4-6-8-10-16/h11-13,16H,4-10H2,1-3H3,(H,19,21). The molecule has 0 unspecified atom stereocenters. The van der Waals surface area contributed by atoms with Gasteiger partial charge in [0.05, 0.1) is 11.9 Å². The Labute approximate surface area is 145 Å². The fraction of sp³-hybridized carbons (Fsp3) is 0.611. The van der Waals surface area contributed by atoms with Gasteiger partial charge in [-0.15, -0.1) is 0 Å². The lowest BCUT2D eigenvalue weighted by atomic mass is 9.96. The predicted octanol–water partition coefficient (Wildman–Crippen LogP) is 3.23. The molecule has 0 radical (unpaired) electrons. The lowest BCUT2D eigenvalue weighted by molar-refractivity contribution is 0.0930. The van der Waals surface area contributed by atoms with Crippen molar-refractivity contribution in [2.24, 2.45) is 0 Å². The van der Waals surface area contributed by atoms with Crippen molar-refractivity contribution in [3.63, 3.8) is 0 Å². The summed E-state index contributed by atoms with van der Waals surface area (Å²) in [6.07, 6.45) is 9.27. The Morgan fingerprint density at radius 2 is 1.71 bits per heavy atom. The molecular weight excluding hydrogens is 324 g/mol. The average Bonchev–Trinajstić information content (AvgIpc) is 2.48. The minimum absolute atomic E-state index is 0.122. The molecule has 1 N–H and O–H groups in total. The SMILES string of the molecule is Cc1ccc(C(=O)NC2CCCCCCC2)cc1N(C)S(C)(=O)=O. The second-order valence-electron chi connectivity index (χ2n) is 6.75. The fourth-order valence-corrected chi connectivity index (χ4v) is 3.69. The van der Waals surface area contributed by atoms with Crippen molar-refractivity contribution in [2.75, 3.05) is 17.6 Å². The van der Waals surface area contributed by atoms with E-state index in [0.717, 1.165) is 37.5 Å². The molecule has 2 rings (SSSR count). The number of carbonyl (C=O) groups is 1. The minimum Gasteiger partial charge on any atom is -0.349 e. The highest BCUT2D eigenvalue weighted by atomic mass is 32.2. The Kier molecular flexibility index (Phi) is 6.27. The van der Waals surface area contributed by atoms with E-state index in [4.69, 9.17) is 0 Å². The number of hydrogen-bond acceptors (Lipinski definition) is 3. The van der Waals surface area contributed by atoms with Crippen molar-refractivity contribution in [2.45, 2.75) is 57.9 Å². The van der Waals surface area contributed by atoms with Gasteiger partial charge >= 0.3 is 0 Å². The highest BCUT2D eigenvalue weighted by Crippen LogP contribution is 2.23. The van der Waals surface area contributed by atoms with Gasteiger partial charge in [-0.3, -0.25) is 9.10 Å². The largest absolute Gasteiger partial charge is 0.349 e. The van der Waals surface area contributed by atoms with Crippen molar-refractivity contribution in [1.82, 2.24) is 5.32 Å². The molecule has 5 nitrogen and oxygen atoms in total. The maximum Gasteiger partial charge on any atom is 0.251 e. The van der Waals surface area contributed by atoms with E-state index < -0.39 is 10.0 Å². The second-order valence-corrected chi connectivity index (χ2v) is 8.76. The van der Waals surface area contributed by atoms with Gasteiger partial charge in [0.15, 0.2) is 0 Å². The first-order valence-corrected chi connectivity index (χ1v) is 10.5. The Hall–Kier alpha value is -1.56. The van der Waals surface area contributed by atoms with Gasteiger partial charge in [-0.2, -0.15) is 0 Å². The van der Waals surface area contributed by atoms with E-state index in [-0.39, 0.29) is 11.9 Å². The number of rotatable bonds is 4. The molecule has 0 atom stereocenters. The summed E-state index contributed by atoms with van der Waals surface area (Å²) in [6, 6.07) is 5.43. The highest BCUT2D eigenvalue weighted by Gasteiger charge is 2.19. The van der Waals surface area contributed by atoms with Crippen molar-refractivity contribution in [1.29, 1.82) is 0 Å². The number of benzene rings is 1. The van der Waals surface area contributed by atoms with Crippen LogP contribution in [0.4, 0.5) is 5.69 Å². The molecule has 0 aliphatic heterocycles. The normalized spacial score (nSPS) is 17.0. The van der Waals surface area contributed by atoms with Crippen LogP contribution in [0.25, 0.3) is 0 Å². The third kappa shape index (κ3) is 4.97. The molecule has 134 valence electrons. The van der Waals surface area contributed by atoms with E-state index in [1.807, 2.05) is 6.92 Å². The summed E-state index contributed by atoms with van der Waals surface area (Å²) in [5.41, 5.74) is 1.88. The summed E-state index contributed by atoms with van der Waals surface area (Å²) in [5, 5.41) is 3.12. The van der Waals surface area contributed by atoms with Crippen LogP contribution in [0.3, 0.4) is 0 Å². The first-order chi connectivity index (χ1) is 11.3. The molecule has 0 bridgehead atoms. The van der Waals surface area contributed by atoms with Gasteiger partial charge in [-0.05, 0) is 37.5 Å². The van der Waals surface area contributed by atoms with E-state index >= 15 is 0 Å². The molecule has 1 aromatic carbocycles. The van der Waals surface area contributed by atoms with E-state index in [2.05, 4.69) is 5.32 Å². The Bertz CT molecular complexity index is 678. The molecule has 1 aliphatic carbocycles. The summed E-state index contributed by atoms with van der Waals surface area (Å²) < 4.78 is 24.8. The smallest absolute Gasteiger partial charge is 0.251 e. The molecule has 1 aliphatic rings. The molecule has 0 spiro atoms. The van der Waals surface area contributed by atoms with Crippen LogP contribution in [-0.4, -0.2) is 33.7 Å². The topological polar surface area (TPSA) is 66.5 Å². The number of amides is 1. The van der Waals surface area contributed by atoms with Crippen LogP contribution < -0.4 is 9.62 Å². The average molecular weight is 352 g/mol. The lowest BCUT2D eigenvalue weighted by Gasteiger charge is -2.22. The zero-order chi connectivity index (χ0) is 17.7. The summed E-state index contributed by atoms with van der Waals surface area (Å²) in [6.45, 7) is 1.84. The molecule has 1 amide bonds. The molecule has 6 heteroatoms. The van der Waals surface area contributed by atoms with Crippen molar-refractivity contribution >= 4 is 21.6 Å². The van der Waals surface area contributed by atoms with Gasteiger partial charge in [0.2, 0.25) is 10.0 Å². The van der Waals surface area contributed by atoms with Crippen LogP contribution >= 0.6 is 0 Å². The summed E-state index contributed by atoms with van der Waals surface area (Å²) in [5.74, 6) is -0.122. The number of nitrogens with zero attached hydrogens (tertiary/aromatic N) is 1. The van der Waals surface area contributed by atoms with Crippen molar-refractivity contribution in [3.8, 4) is 0 Å². The van der Waals surface area contributed by atoms with Crippen LogP contribution in [0.5, 0.6) is 0 Å². The summed E-state index contributed by atoms with van der Waals surface area (Å²) >= 11 is 0. The zero-order valence-corrected chi connectivity index (χ0v) is 15.7. The third-order valence-corrected chi connectivity index (χ3v) is 5.94. The van der Waals surface area contributed by atoms with Gasteiger partial charge < -0.3 is 5.32 Å². The maximum atomic E-state index is 12.6. The first kappa shape index (κ1) is 18.8. The van der Waals surface area contributed by atoms with Crippen LogP contribution in [0.2, 0.25) is 0 Å². The van der Waals surface area contributed by atoms with E-state index in [9.17, 15) is 13.2 Å². The number of anilines is 1. The number of aryl methyl sites for hydroxylation is 1. The van der Waals surface area contributed by atoms with Crippen molar-refractivity contribution < 1.29 is 13.2 Å². The molecule has 1 fully saturated rings. The number of nitrogens with one attached hydrogen (secondary N) is 1. The van der Waals surface area contributed by atoms with Gasteiger partial charge in [-0.1, -0.05) is 38.2 Å². The van der Waals surface area contributed by atoms with Gasteiger partial charge in [0, 0.05) is 18.7 Å². The fourth-order valence-electron chi connectivity index (χ4n) is 3.14. The maximum absolute atomic E-state index is 12.6. The third-order valence-electron chi connectivity index (χ3n) is 4.75. The Morgan fingerprint density at radius 1 is 1.12 bits per heavy atom. The van der Waals surface area contributed by atoms with Crippen molar-refractivity contribution in [3.05, 3.63) is 29.3 Å². The zero-order valence-electron chi connectivity index (χ0n) is 14.8.